The molecule has 0 bridgehead atoms. The molecule has 11 heavy (non-hydrogen) atoms. The molecule has 1 aromatic rings. The van der Waals surface area contributed by atoms with E-state index in [1.54, 1.807) is 10.9 Å². The first-order valence-corrected chi connectivity index (χ1v) is 3.87. The number of aliphatic hydroxyl groups is 1. The van der Waals surface area contributed by atoms with Crippen LogP contribution in [0.3, 0.4) is 0 Å². The van der Waals surface area contributed by atoms with Gasteiger partial charge < -0.3 is 5.11 Å². The van der Waals surface area contributed by atoms with E-state index in [4.69, 9.17) is 16.7 Å². The van der Waals surface area contributed by atoms with E-state index in [2.05, 4.69) is 5.10 Å². The average molecular weight is 175 g/mol. The Morgan fingerprint density at radius 1 is 1.73 bits per heavy atom. The topological polar surface area (TPSA) is 38.0 Å². The highest BCUT2D eigenvalue weighted by molar-refractivity contribution is 6.31. The zero-order valence-electron chi connectivity index (χ0n) is 6.58. The number of rotatable bonds is 2. The molecule has 0 aliphatic heterocycles. The Morgan fingerprint density at radius 3 is 2.64 bits per heavy atom. The van der Waals surface area contributed by atoms with Crippen molar-refractivity contribution in [2.24, 2.45) is 0 Å². The highest BCUT2D eigenvalue weighted by atomic mass is 35.5. The summed E-state index contributed by atoms with van der Waals surface area (Å²) >= 11 is 5.75. The van der Waals surface area contributed by atoms with Crippen molar-refractivity contribution in [3.8, 4) is 0 Å². The Morgan fingerprint density at radius 2 is 2.36 bits per heavy atom. The van der Waals surface area contributed by atoms with E-state index >= 15 is 0 Å². The van der Waals surface area contributed by atoms with Crippen LogP contribution in [0.25, 0.3) is 0 Å². The van der Waals surface area contributed by atoms with Crippen molar-refractivity contribution in [2.45, 2.75) is 26.5 Å². The summed E-state index contributed by atoms with van der Waals surface area (Å²) < 4.78 is 1.73. The maximum absolute atomic E-state index is 8.75. The molecule has 0 amide bonds. The van der Waals surface area contributed by atoms with Gasteiger partial charge in [-0.3, -0.25) is 4.68 Å². The van der Waals surface area contributed by atoms with E-state index in [0.29, 0.717) is 10.7 Å². The summed E-state index contributed by atoms with van der Waals surface area (Å²) in [7, 11) is 0. The predicted molar refractivity (Wildman–Crippen MR) is 43.5 cm³/mol. The third-order valence-electron chi connectivity index (χ3n) is 1.44. The summed E-state index contributed by atoms with van der Waals surface area (Å²) in [6.45, 7) is 3.91. The second-order valence-corrected chi connectivity index (χ2v) is 3.06. The number of aliphatic hydroxyl groups excluding tert-OH is 1. The highest BCUT2D eigenvalue weighted by Crippen LogP contribution is 2.16. The maximum Gasteiger partial charge on any atom is 0.106 e. The van der Waals surface area contributed by atoms with E-state index in [9.17, 15) is 0 Å². The molecule has 0 saturated heterocycles. The lowest BCUT2D eigenvalue weighted by Crippen LogP contribution is -2.01. The van der Waals surface area contributed by atoms with Gasteiger partial charge in [0.25, 0.3) is 0 Å². The van der Waals surface area contributed by atoms with Gasteiger partial charge in [0, 0.05) is 12.2 Å². The van der Waals surface area contributed by atoms with Gasteiger partial charge in [-0.1, -0.05) is 11.6 Å². The number of halogens is 1. The Balaban J connectivity index is 2.95. The maximum atomic E-state index is 8.75. The molecule has 0 saturated carbocycles. The molecule has 3 nitrogen and oxygen atoms in total. The molecule has 0 atom stereocenters. The van der Waals surface area contributed by atoms with Crippen molar-refractivity contribution < 1.29 is 5.11 Å². The standard InChI is InChI=1S/C7H11ClN2O/c1-5(2)10-3-6(8)7(4-11)9-10/h3,5,11H,4H2,1-2H3. The summed E-state index contributed by atoms with van der Waals surface area (Å²) in [4.78, 5) is 0. The molecule has 0 fully saturated rings. The predicted octanol–water partition coefficient (Wildman–Crippen LogP) is 1.61. The lowest BCUT2D eigenvalue weighted by Gasteiger charge is -2.02. The second kappa shape index (κ2) is 3.24. The molecule has 0 aliphatic carbocycles. The van der Waals surface area contributed by atoms with E-state index in [0.717, 1.165) is 0 Å². The Labute approximate surface area is 70.6 Å². The third kappa shape index (κ3) is 1.73. The molecular formula is C7H11ClN2O. The van der Waals surface area contributed by atoms with Crippen molar-refractivity contribution in [3.63, 3.8) is 0 Å². The minimum Gasteiger partial charge on any atom is -0.390 e. The highest BCUT2D eigenvalue weighted by Gasteiger charge is 2.06. The van der Waals surface area contributed by atoms with Gasteiger partial charge in [0.05, 0.1) is 11.6 Å². The summed E-state index contributed by atoms with van der Waals surface area (Å²) in [5.41, 5.74) is 0.542. The number of hydrogen-bond donors (Lipinski definition) is 1. The fraction of sp³-hybridized carbons (Fsp3) is 0.571. The van der Waals surface area contributed by atoms with Gasteiger partial charge >= 0.3 is 0 Å². The molecule has 4 heteroatoms. The molecule has 0 aromatic carbocycles. The first-order chi connectivity index (χ1) is 5.15. The van der Waals surface area contributed by atoms with Crippen LogP contribution in [0.4, 0.5) is 0 Å². The molecular weight excluding hydrogens is 164 g/mol. The minimum atomic E-state index is -0.0987. The largest absolute Gasteiger partial charge is 0.390 e. The lowest BCUT2D eigenvalue weighted by molar-refractivity contribution is 0.274. The zero-order chi connectivity index (χ0) is 8.43. The number of nitrogens with zero attached hydrogens (tertiary/aromatic N) is 2. The van der Waals surface area contributed by atoms with Crippen LogP contribution in [0.5, 0.6) is 0 Å². The average Bonchev–Trinajstić information content (AvgIpc) is 2.31. The van der Waals surface area contributed by atoms with Gasteiger partial charge in [0.2, 0.25) is 0 Å². The molecule has 1 rings (SSSR count). The normalized spacial score (nSPS) is 11.0. The first kappa shape index (κ1) is 8.56. The fourth-order valence-electron chi connectivity index (χ4n) is 0.778. The lowest BCUT2D eigenvalue weighted by atomic mass is 10.4. The smallest absolute Gasteiger partial charge is 0.106 e. The van der Waals surface area contributed by atoms with Crippen molar-refractivity contribution in [2.75, 3.05) is 0 Å². The van der Waals surface area contributed by atoms with Gasteiger partial charge in [-0.2, -0.15) is 5.10 Å². The zero-order valence-corrected chi connectivity index (χ0v) is 7.34. The van der Waals surface area contributed by atoms with Crippen molar-refractivity contribution in [3.05, 3.63) is 16.9 Å². The quantitative estimate of drug-likeness (QED) is 0.740. The van der Waals surface area contributed by atoms with E-state index in [1.807, 2.05) is 13.8 Å². The molecule has 62 valence electrons. The summed E-state index contributed by atoms with van der Waals surface area (Å²) in [5.74, 6) is 0. The van der Waals surface area contributed by atoms with Gasteiger partial charge in [-0.05, 0) is 13.8 Å². The Hall–Kier alpha value is -0.540. The minimum absolute atomic E-state index is 0.0987. The molecule has 0 radical (unpaired) electrons. The van der Waals surface area contributed by atoms with Gasteiger partial charge in [-0.25, -0.2) is 0 Å². The molecule has 0 spiro atoms. The Kier molecular flexibility index (Phi) is 2.52. The van der Waals surface area contributed by atoms with Crippen molar-refractivity contribution in [1.82, 2.24) is 9.78 Å². The number of aromatic nitrogens is 2. The van der Waals surface area contributed by atoms with Crippen LogP contribution in [0.1, 0.15) is 25.6 Å². The van der Waals surface area contributed by atoms with Crippen LogP contribution in [0, 0.1) is 0 Å². The fourth-order valence-corrected chi connectivity index (χ4v) is 0.976. The number of hydrogen-bond acceptors (Lipinski definition) is 2. The van der Waals surface area contributed by atoms with E-state index in [-0.39, 0.29) is 12.6 Å². The monoisotopic (exact) mass is 174 g/mol. The van der Waals surface area contributed by atoms with Crippen molar-refractivity contribution in [1.29, 1.82) is 0 Å². The molecule has 1 aromatic heterocycles. The summed E-state index contributed by atoms with van der Waals surface area (Å²) in [5, 5.41) is 13.3. The van der Waals surface area contributed by atoms with Gasteiger partial charge in [-0.15, -0.1) is 0 Å². The van der Waals surface area contributed by atoms with Crippen LogP contribution < -0.4 is 0 Å². The second-order valence-electron chi connectivity index (χ2n) is 2.66. The summed E-state index contributed by atoms with van der Waals surface area (Å²) in [6, 6.07) is 0.285. The molecule has 0 aliphatic rings. The van der Waals surface area contributed by atoms with Gasteiger partial charge in [0.1, 0.15) is 5.69 Å². The third-order valence-corrected chi connectivity index (χ3v) is 1.75. The van der Waals surface area contributed by atoms with Crippen LogP contribution >= 0.6 is 11.6 Å². The van der Waals surface area contributed by atoms with Crippen LogP contribution in [0.15, 0.2) is 6.20 Å². The van der Waals surface area contributed by atoms with Crippen molar-refractivity contribution >= 4 is 11.6 Å². The van der Waals surface area contributed by atoms with E-state index < -0.39 is 0 Å². The van der Waals surface area contributed by atoms with Crippen LogP contribution in [-0.2, 0) is 6.61 Å². The van der Waals surface area contributed by atoms with Gasteiger partial charge in [0.15, 0.2) is 0 Å². The summed E-state index contributed by atoms with van der Waals surface area (Å²) in [6.07, 6.45) is 1.72. The van der Waals surface area contributed by atoms with Crippen LogP contribution in [0.2, 0.25) is 5.02 Å². The van der Waals surface area contributed by atoms with E-state index in [1.165, 1.54) is 0 Å². The molecule has 0 unspecified atom stereocenters. The molecule has 1 heterocycles. The Bertz CT molecular complexity index is 245. The SMILES string of the molecule is CC(C)n1cc(Cl)c(CO)n1. The van der Waals surface area contributed by atoms with Crippen LogP contribution in [-0.4, -0.2) is 14.9 Å². The first-order valence-electron chi connectivity index (χ1n) is 3.49. The molecule has 1 N–H and O–H groups in total.